The van der Waals surface area contributed by atoms with Gasteiger partial charge in [0.25, 0.3) is 0 Å². The molecule has 0 aliphatic rings. The Kier molecular flexibility index (Phi) is 18.3. The molecule has 0 saturated carbocycles. The largest absolute Gasteiger partial charge is 0.524 e. The number of thioether (sulfide) groups is 3. The van der Waals surface area contributed by atoms with Crippen LogP contribution in [0.15, 0.2) is 0 Å². The Morgan fingerprint density at radius 2 is 0.842 bits per heavy atom. The van der Waals surface area contributed by atoms with Gasteiger partial charge >= 0.3 is 7.82 Å². The number of aliphatic hydroxyl groups is 3. The first kappa shape index (κ1) is 37.9. The van der Waals surface area contributed by atoms with E-state index in [0.717, 1.165) is 35.3 Å². The number of rotatable bonds is 21. The van der Waals surface area contributed by atoms with Crippen molar-refractivity contribution in [2.75, 3.05) is 56.7 Å². The van der Waals surface area contributed by atoms with Crippen LogP contribution in [0.2, 0.25) is 0 Å². The number of hydroxylamine groups is 3. The van der Waals surface area contributed by atoms with E-state index in [1.54, 1.807) is 41.5 Å². The number of nitrogens with one attached hydrogen (secondary N) is 3. The van der Waals surface area contributed by atoms with Crippen LogP contribution in [-0.2, 0) is 32.8 Å². The second-order valence-corrected chi connectivity index (χ2v) is 14.6. The predicted molar refractivity (Wildman–Crippen MR) is 150 cm³/mol. The molecule has 0 aromatic carbocycles. The van der Waals surface area contributed by atoms with Crippen LogP contribution in [0.3, 0.4) is 0 Å². The monoisotopic (exact) mass is 623 g/mol. The van der Waals surface area contributed by atoms with Crippen LogP contribution in [-0.4, -0.2) is 87.4 Å². The van der Waals surface area contributed by atoms with Gasteiger partial charge in [-0.05, 0) is 41.5 Å². The molecular formula is C21H42N3O10PS3. The molecule has 0 aromatic heterocycles. The molecule has 0 bridgehead atoms. The third-order valence-electron chi connectivity index (χ3n) is 4.68. The molecule has 224 valence electrons. The third kappa shape index (κ3) is 15.1. The second kappa shape index (κ2) is 18.4. The number of hydrogen-bond acceptors (Lipinski definition) is 16. The first-order valence-electron chi connectivity index (χ1n) is 11.8. The van der Waals surface area contributed by atoms with Crippen molar-refractivity contribution in [2.24, 2.45) is 16.2 Å². The lowest BCUT2D eigenvalue weighted by Crippen LogP contribution is -2.29. The molecule has 0 spiro atoms. The van der Waals surface area contributed by atoms with Crippen molar-refractivity contribution in [3.63, 3.8) is 0 Å². The Morgan fingerprint density at radius 1 is 0.605 bits per heavy atom. The van der Waals surface area contributed by atoms with E-state index in [1.165, 1.54) is 0 Å². The lowest BCUT2D eigenvalue weighted by molar-refractivity contribution is -0.120. The van der Waals surface area contributed by atoms with Gasteiger partial charge in [0.2, 0.25) is 0 Å². The molecule has 0 aromatic rings. The lowest BCUT2D eigenvalue weighted by Gasteiger charge is -2.20. The molecule has 6 N–H and O–H groups in total. The molecule has 13 nitrogen and oxygen atoms in total. The molecule has 0 aliphatic heterocycles. The highest BCUT2D eigenvalue weighted by Crippen LogP contribution is 2.46. The minimum Gasteiger partial charge on any atom is -0.395 e. The van der Waals surface area contributed by atoms with Crippen LogP contribution >= 0.6 is 43.1 Å². The third-order valence-corrected chi connectivity index (χ3v) is 9.41. The van der Waals surface area contributed by atoms with E-state index in [4.69, 9.17) is 13.9 Å². The van der Waals surface area contributed by atoms with E-state index in [2.05, 4.69) is 16.4 Å². The van der Waals surface area contributed by atoms with E-state index in [0.29, 0.717) is 0 Å². The van der Waals surface area contributed by atoms with Gasteiger partial charge in [-0.2, -0.15) is 30.3 Å². The average molecular weight is 624 g/mol. The van der Waals surface area contributed by atoms with Crippen molar-refractivity contribution in [3.05, 3.63) is 0 Å². The van der Waals surface area contributed by atoms with E-state index in [9.17, 15) is 34.3 Å². The first-order chi connectivity index (χ1) is 17.6. The van der Waals surface area contributed by atoms with Gasteiger partial charge < -0.3 is 15.3 Å². The van der Waals surface area contributed by atoms with Gasteiger partial charge in [0.05, 0.1) is 36.1 Å². The first-order valence-corrected chi connectivity index (χ1v) is 16.2. The fourth-order valence-corrected chi connectivity index (χ4v) is 5.10. The Balaban J connectivity index is 4.72. The topological polar surface area (TPSA) is 193 Å². The summed E-state index contributed by atoms with van der Waals surface area (Å²) in [5, 5.41) is 27.1. The van der Waals surface area contributed by atoms with E-state index in [1.807, 2.05) is 0 Å². The summed E-state index contributed by atoms with van der Waals surface area (Å²) in [6.45, 7) is 9.11. The molecular weight excluding hydrogens is 581 g/mol. The molecule has 0 heterocycles. The van der Waals surface area contributed by atoms with Gasteiger partial charge in [-0.3, -0.25) is 14.4 Å². The molecule has 38 heavy (non-hydrogen) atoms. The van der Waals surface area contributed by atoms with Crippen LogP contribution in [0.25, 0.3) is 0 Å². The summed E-state index contributed by atoms with van der Waals surface area (Å²) in [5.41, 5.74) is 4.59. The summed E-state index contributed by atoms with van der Waals surface area (Å²) in [6, 6.07) is 0. The van der Waals surface area contributed by atoms with Crippen LogP contribution < -0.4 is 16.4 Å². The van der Waals surface area contributed by atoms with E-state index >= 15 is 0 Å². The standard InChI is InChI=1S/C21H42N3O10PS3/c1-19(2,13-25)16(28)36-10-7-22-32-35(31,33-23-8-11-37-17(29)20(3,4)14-26)34-24-9-12-38-18(30)21(5,6)15-27/h22-27H,7-15H2,1-6H3. The molecule has 17 heteroatoms. The highest BCUT2D eigenvalue weighted by atomic mass is 32.2. The Hall–Kier alpha value is -0.0700. The summed E-state index contributed by atoms with van der Waals surface area (Å²) in [6.07, 6.45) is 0. The Bertz CT molecular complexity index is 703. The molecule has 0 unspecified atom stereocenters. The van der Waals surface area contributed by atoms with Crippen molar-refractivity contribution >= 4 is 58.5 Å². The Morgan fingerprint density at radius 3 is 1.05 bits per heavy atom. The van der Waals surface area contributed by atoms with Crippen LogP contribution in [0, 0.1) is 16.2 Å². The van der Waals surface area contributed by atoms with E-state index in [-0.39, 0.29) is 72.1 Å². The molecule has 0 atom stereocenters. The number of aliphatic hydroxyl groups excluding tert-OH is 3. The maximum absolute atomic E-state index is 12.9. The number of carbonyl (C=O) groups is 3. The zero-order valence-corrected chi connectivity index (χ0v) is 26.1. The van der Waals surface area contributed by atoms with Gasteiger partial charge in [0.15, 0.2) is 15.3 Å². The molecule has 0 amide bonds. The van der Waals surface area contributed by atoms with Gasteiger partial charge in [0, 0.05) is 36.9 Å². The Labute approximate surface area is 237 Å². The quantitative estimate of drug-likeness (QED) is 0.0611. The maximum atomic E-state index is 12.9. The minimum absolute atomic E-state index is 0.0931. The molecule has 0 rings (SSSR count). The van der Waals surface area contributed by atoms with Gasteiger partial charge in [-0.1, -0.05) is 35.3 Å². The fraction of sp³-hybridized carbons (Fsp3) is 0.857. The van der Waals surface area contributed by atoms with Gasteiger partial charge in [-0.15, -0.1) is 0 Å². The summed E-state index contributed by atoms with van der Waals surface area (Å²) in [7, 11) is -4.26. The van der Waals surface area contributed by atoms with Crippen molar-refractivity contribution in [1.82, 2.24) is 16.4 Å². The van der Waals surface area contributed by atoms with Gasteiger partial charge in [-0.25, -0.2) is 4.57 Å². The summed E-state index contributed by atoms with van der Waals surface area (Å²) >= 11 is 2.91. The highest BCUT2D eigenvalue weighted by molar-refractivity contribution is 8.14. The molecule has 0 aliphatic carbocycles. The van der Waals surface area contributed by atoms with Gasteiger partial charge in [0.1, 0.15) is 0 Å². The maximum Gasteiger partial charge on any atom is 0.524 e. The van der Waals surface area contributed by atoms with Crippen molar-refractivity contribution in [3.8, 4) is 0 Å². The smallest absolute Gasteiger partial charge is 0.395 e. The highest BCUT2D eigenvalue weighted by Gasteiger charge is 2.31. The van der Waals surface area contributed by atoms with Crippen LogP contribution in [0.5, 0.6) is 0 Å². The summed E-state index contributed by atoms with van der Waals surface area (Å²) in [5.74, 6) is 0.756. The predicted octanol–water partition coefficient (Wildman–Crippen LogP) is 1.49. The summed E-state index contributed by atoms with van der Waals surface area (Å²) in [4.78, 5) is 36.2. The zero-order chi connectivity index (χ0) is 29.5. The molecule has 0 fully saturated rings. The van der Waals surface area contributed by atoms with Crippen LogP contribution in [0.1, 0.15) is 41.5 Å². The van der Waals surface area contributed by atoms with Crippen LogP contribution in [0.4, 0.5) is 0 Å². The number of phosphoric acid groups is 1. The SMILES string of the molecule is CC(C)(CO)C(=O)SCCNOP(=O)(ONCCSC(=O)C(C)(C)CO)ONCCSC(=O)C(C)(C)CO. The minimum atomic E-state index is -4.26. The number of hydrogen-bond donors (Lipinski definition) is 6. The fourth-order valence-electron chi connectivity index (χ4n) is 1.77. The van der Waals surface area contributed by atoms with E-state index < -0.39 is 24.1 Å². The van der Waals surface area contributed by atoms with Crippen molar-refractivity contribution in [2.45, 2.75) is 41.5 Å². The second-order valence-electron chi connectivity index (χ2n) is 9.94. The molecule has 0 saturated heterocycles. The van der Waals surface area contributed by atoms with Crippen molar-refractivity contribution < 1.29 is 48.1 Å². The lowest BCUT2D eigenvalue weighted by atomic mass is 9.97. The number of carbonyl (C=O) groups excluding carboxylic acids is 3. The summed E-state index contributed by atoms with van der Waals surface area (Å²) < 4.78 is 28.2. The zero-order valence-electron chi connectivity index (χ0n) is 22.7. The van der Waals surface area contributed by atoms with Crippen molar-refractivity contribution in [1.29, 1.82) is 0 Å². The normalized spacial score (nSPS) is 13.1. The molecule has 0 radical (unpaired) electrons. The average Bonchev–Trinajstić information content (AvgIpc) is 2.87.